The lowest BCUT2D eigenvalue weighted by Crippen LogP contribution is -2.24. The van der Waals surface area contributed by atoms with Crippen LogP contribution in [0.3, 0.4) is 0 Å². The Morgan fingerprint density at radius 1 is 1.23 bits per heavy atom. The molecule has 1 saturated heterocycles. The number of rotatable bonds is 5. The molecular weight excluding hydrogens is 358 g/mol. The Hall–Kier alpha value is -2.26. The molecule has 0 spiro atoms. The van der Waals surface area contributed by atoms with E-state index in [0.29, 0.717) is 35.0 Å². The summed E-state index contributed by atoms with van der Waals surface area (Å²) < 4.78 is 7.44. The minimum atomic E-state index is -0.716. The topological polar surface area (TPSA) is 105 Å². The molecule has 1 aliphatic heterocycles. The standard InChI is InChI=1S/C17H18ClN5O3/c18-11-3-1-10(2-4-11)6-19-16-15-17(21-8-20-16)23(9-22-15)14-5-12(25)13(7-24)26-14/h1-4,8-9,12-14,24-25H,5-7H2,(H,19,20,21)/t12-,13+,14?/m0/s1. The van der Waals surface area contributed by atoms with Crippen LogP contribution in [0.5, 0.6) is 0 Å². The van der Waals surface area contributed by atoms with Gasteiger partial charge in [0.05, 0.1) is 19.0 Å². The maximum Gasteiger partial charge on any atom is 0.167 e. The van der Waals surface area contributed by atoms with Crippen molar-refractivity contribution in [3.8, 4) is 0 Å². The summed E-state index contributed by atoms with van der Waals surface area (Å²) >= 11 is 5.90. The van der Waals surface area contributed by atoms with E-state index in [1.807, 2.05) is 24.3 Å². The molecule has 8 nitrogen and oxygen atoms in total. The summed E-state index contributed by atoms with van der Waals surface area (Å²) in [5, 5.41) is 23.1. The van der Waals surface area contributed by atoms with Gasteiger partial charge in [-0.2, -0.15) is 0 Å². The summed E-state index contributed by atoms with van der Waals surface area (Å²) in [4.78, 5) is 13.0. The smallest absolute Gasteiger partial charge is 0.167 e. The van der Waals surface area contributed by atoms with Gasteiger partial charge in [-0.25, -0.2) is 15.0 Å². The molecule has 0 radical (unpaired) electrons. The van der Waals surface area contributed by atoms with Gasteiger partial charge < -0.3 is 20.3 Å². The van der Waals surface area contributed by atoms with Gasteiger partial charge in [-0.05, 0) is 17.7 Å². The zero-order valence-corrected chi connectivity index (χ0v) is 14.5. The molecule has 9 heteroatoms. The summed E-state index contributed by atoms with van der Waals surface area (Å²) in [6, 6.07) is 7.55. The normalized spacial score (nSPS) is 22.8. The highest BCUT2D eigenvalue weighted by molar-refractivity contribution is 6.30. The number of ether oxygens (including phenoxy) is 1. The van der Waals surface area contributed by atoms with E-state index in [0.717, 1.165) is 5.56 Å². The van der Waals surface area contributed by atoms with Crippen LogP contribution in [0, 0.1) is 0 Å². The molecule has 0 saturated carbocycles. The number of aliphatic hydroxyl groups excluding tert-OH is 2. The molecule has 1 aliphatic rings. The number of fused-ring (bicyclic) bond motifs is 1. The van der Waals surface area contributed by atoms with Crippen LogP contribution in [-0.4, -0.2) is 48.5 Å². The van der Waals surface area contributed by atoms with E-state index in [1.54, 1.807) is 10.9 Å². The van der Waals surface area contributed by atoms with Crippen molar-refractivity contribution in [1.82, 2.24) is 19.5 Å². The lowest BCUT2D eigenvalue weighted by atomic mass is 10.2. The molecule has 0 aliphatic carbocycles. The van der Waals surface area contributed by atoms with Gasteiger partial charge in [0.2, 0.25) is 0 Å². The summed E-state index contributed by atoms with van der Waals surface area (Å²) in [5.74, 6) is 0.612. The Kier molecular flexibility index (Phi) is 4.73. The number of aromatic nitrogens is 4. The number of halogens is 1. The Morgan fingerprint density at radius 2 is 2.04 bits per heavy atom. The molecule has 3 aromatic rings. The van der Waals surface area contributed by atoms with Crippen LogP contribution in [0.25, 0.3) is 11.2 Å². The Bertz CT molecular complexity index is 901. The highest BCUT2D eigenvalue weighted by Crippen LogP contribution is 2.31. The average molecular weight is 376 g/mol. The van der Waals surface area contributed by atoms with Gasteiger partial charge in [0.25, 0.3) is 0 Å². The van der Waals surface area contributed by atoms with Gasteiger partial charge >= 0.3 is 0 Å². The lowest BCUT2D eigenvalue weighted by molar-refractivity contribution is -0.0432. The Morgan fingerprint density at radius 3 is 2.77 bits per heavy atom. The number of aliphatic hydroxyl groups is 2. The van der Waals surface area contributed by atoms with Crippen molar-refractivity contribution in [2.75, 3.05) is 11.9 Å². The van der Waals surface area contributed by atoms with E-state index in [4.69, 9.17) is 16.3 Å². The molecule has 0 amide bonds. The van der Waals surface area contributed by atoms with E-state index in [2.05, 4.69) is 20.3 Å². The van der Waals surface area contributed by atoms with Gasteiger partial charge in [0, 0.05) is 18.0 Å². The van der Waals surface area contributed by atoms with Gasteiger partial charge in [-0.3, -0.25) is 4.57 Å². The molecule has 3 N–H and O–H groups in total. The van der Waals surface area contributed by atoms with Gasteiger partial charge in [0.15, 0.2) is 17.0 Å². The molecule has 1 unspecified atom stereocenters. The van der Waals surface area contributed by atoms with Crippen LogP contribution in [0.1, 0.15) is 18.2 Å². The van der Waals surface area contributed by atoms with Crippen molar-refractivity contribution in [3.05, 3.63) is 47.5 Å². The first-order chi connectivity index (χ1) is 12.7. The molecular formula is C17H18ClN5O3. The fourth-order valence-corrected chi connectivity index (χ4v) is 3.16. The Balaban J connectivity index is 1.56. The predicted octanol–water partition coefficient (Wildman–Crippen LogP) is 1.73. The highest BCUT2D eigenvalue weighted by atomic mass is 35.5. The van der Waals surface area contributed by atoms with Crippen LogP contribution in [0.4, 0.5) is 5.82 Å². The molecule has 136 valence electrons. The molecule has 26 heavy (non-hydrogen) atoms. The predicted molar refractivity (Wildman–Crippen MR) is 95.7 cm³/mol. The fraction of sp³-hybridized carbons (Fsp3) is 0.353. The largest absolute Gasteiger partial charge is 0.394 e. The summed E-state index contributed by atoms with van der Waals surface area (Å²) in [5.41, 5.74) is 2.29. The molecule has 0 bridgehead atoms. The summed E-state index contributed by atoms with van der Waals surface area (Å²) in [6.07, 6.45) is 1.71. The molecule has 1 fully saturated rings. The monoisotopic (exact) mass is 375 g/mol. The second-order valence-corrected chi connectivity index (χ2v) is 6.58. The maximum atomic E-state index is 9.94. The molecule has 2 aromatic heterocycles. The number of benzene rings is 1. The maximum absolute atomic E-state index is 9.94. The van der Waals surface area contributed by atoms with E-state index in [1.165, 1.54) is 6.33 Å². The number of anilines is 1. The second kappa shape index (κ2) is 7.16. The van der Waals surface area contributed by atoms with Crippen molar-refractivity contribution >= 4 is 28.6 Å². The SMILES string of the molecule is OC[C@H]1OC(n2cnc3c(NCc4ccc(Cl)cc4)ncnc32)C[C@@H]1O. The van der Waals surface area contributed by atoms with Gasteiger partial charge in [0.1, 0.15) is 18.7 Å². The first-order valence-corrected chi connectivity index (χ1v) is 8.63. The van der Waals surface area contributed by atoms with Crippen LogP contribution < -0.4 is 5.32 Å². The first-order valence-electron chi connectivity index (χ1n) is 8.26. The first kappa shape index (κ1) is 17.2. The van der Waals surface area contributed by atoms with E-state index >= 15 is 0 Å². The van der Waals surface area contributed by atoms with Crippen molar-refractivity contribution < 1.29 is 14.9 Å². The zero-order chi connectivity index (χ0) is 18.1. The Labute approximate surface area is 154 Å². The molecule has 3 atom stereocenters. The van der Waals surface area contributed by atoms with Crippen molar-refractivity contribution in [2.45, 2.75) is 31.4 Å². The van der Waals surface area contributed by atoms with Gasteiger partial charge in [-0.1, -0.05) is 23.7 Å². The summed E-state index contributed by atoms with van der Waals surface area (Å²) in [7, 11) is 0. The third-order valence-electron chi connectivity index (χ3n) is 4.43. The number of imidazole rings is 1. The van der Waals surface area contributed by atoms with Crippen LogP contribution in [-0.2, 0) is 11.3 Å². The van der Waals surface area contributed by atoms with Gasteiger partial charge in [-0.15, -0.1) is 0 Å². The van der Waals surface area contributed by atoms with E-state index in [9.17, 15) is 10.2 Å². The van der Waals surface area contributed by atoms with Crippen molar-refractivity contribution in [2.24, 2.45) is 0 Å². The minimum absolute atomic E-state index is 0.229. The molecule has 4 rings (SSSR count). The zero-order valence-electron chi connectivity index (χ0n) is 13.8. The number of nitrogens with zero attached hydrogens (tertiary/aromatic N) is 4. The molecule has 1 aromatic carbocycles. The van der Waals surface area contributed by atoms with Crippen LogP contribution in [0.15, 0.2) is 36.9 Å². The van der Waals surface area contributed by atoms with Crippen molar-refractivity contribution in [1.29, 1.82) is 0 Å². The van der Waals surface area contributed by atoms with E-state index < -0.39 is 18.4 Å². The van der Waals surface area contributed by atoms with Crippen LogP contribution in [0.2, 0.25) is 5.02 Å². The number of nitrogens with one attached hydrogen (secondary N) is 1. The summed E-state index contributed by atoms with van der Waals surface area (Å²) in [6.45, 7) is 0.342. The second-order valence-electron chi connectivity index (χ2n) is 6.14. The average Bonchev–Trinajstić information content (AvgIpc) is 3.24. The highest BCUT2D eigenvalue weighted by Gasteiger charge is 2.35. The third kappa shape index (κ3) is 3.24. The van der Waals surface area contributed by atoms with Crippen molar-refractivity contribution in [3.63, 3.8) is 0 Å². The quantitative estimate of drug-likeness (QED) is 0.623. The van der Waals surface area contributed by atoms with E-state index in [-0.39, 0.29) is 6.61 Å². The fourth-order valence-electron chi connectivity index (χ4n) is 3.03. The number of hydrogen-bond donors (Lipinski definition) is 3. The lowest BCUT2D eigenvalue weighted by Gasteiger charge is -2.13. The third-order valence-corrected chi connectivity index (χ3v) is 4.68. The van der Waals surface area contributed by atoms with Crippen LogP contribution >= 0.6 is 11.6 Å². The number of hydrogen-bond acceptors (Lipinski definition) is 7. The minimum Gasteiger partial charge on any atom is -0.394 e. The molecule has 3 heterocycles.